The molecule has 33 heavy (non-hydrogen) atoms. The SMILES string of the molecule is NC(=O)C1CNCCN1Cc1cccc(-c2ccnc(NCCc3cc(F)cc(F)c3)n2)c1. The minimum Gasteiger partial charge on any atom is -0.368 e. The summed E-state index contributed by atoms with van der Waals surface area (Å²) in [6.45, 7) is 3.16. The largest absolute Gasteiger partial charge is 0.368 e. The van der Waals surface area contributed by atoms with Crippen LogP contribution in [0.4, 0.5) is 14.7 Å². The summed E-state index contributed by atoms with van der Waals surface area (Å²) in [6, 6.07) is 13.0. The molecule has 2 heterocycles. The van der Waals surface area contributed by atoms with Crippen LogP contribution in [0.2, 0.25) is 0 Å². The van der Waals surface area contributed by atoms with Crippen molar-refractivity contribution in [3.8, 4) is 11.3 Å². The fourth-order valence-electron chi connectivity index (χ4n) is 3.96. The Morgan fingerprint density at radius 2 is 1.97 bits per heavy atom. The Hall–Kier alpha value is -3.43. The summed E-state index contributed by atoms with van der Waals surface area (Å²) in [4.78, 5) is 22.7. The highest BCUT2D eigenvalue weighted by molar-refractivity contribution is 5.80. The third kappa shape index (κ3) is 6.09. The van der Waals surface area contributed by atoms with Gasteiger partial charge in [-0.2, -0.15) is 0 Å². The van der Waals surface area contributed by atoms with Crippen LogP contribution in [0.1, 0.15) is 11.1 Å². The van der Waals surface area contributed by atoms with E-state index >= 15 is 0 Å². The lowest BCUT2D eigenvalue weighted by Gasteiger charge is -2.34. The number of hydrogen-bond acceptors (Lipinski definition) is 6. The first-order valence-electron chi connectivity index (χ1n) is 10.8. The Kier molecular flexibility index (Phi) is 7.21. The van der Waals surface area contributed by atoms with Crippen molar-refractivity contribution >= 4 is 11.9 Å². The van der Waals surface area contributed by atoms with Crippen molar-refractivity contribution < 1.29 is 13.6 Å². The van der Waals surface area contributed by atoms with Gasteiger partial charge in [-0.25, -0.2) is 18.7 Å². The van der Waals surface area contributed by atoms with Gasteiger partial charge in [0, 0.05) is 50.6 Å². The van der Waals surface area contributed by atoms with Gasteiger partial charge in [-0.15, -0.1) is 0 Å². The second-order valence-corrected chi connectivity index (χ2v) is 8.01. The maximum absolute atomic E-state index is 13.3. The van der Waals surface area contributed by atoms with Crippen molar-refractivity contribution in [2.24, 2.45) is 5.73 Å². The van der Waals surface area contributed by atoms with Gasteiger partial charge in [0.2, 0.25) is 11.9 Å². The molecule has 3 aromatic rings. The van der Waals surface area contributed by atoms with Crippen LogP contribution in [0.3, 0.4) is 0 Å². The van der Waals surface area contributed by atoms with Gasteiger partial charge in [0.1, 0.15) is 17.7 Å². The molecule has 4 N–H and O–H groups in total. The van der Waals surface area contributed by atoms with Crippen molar-refractivity contribution in [1.29, 1.82) is 0 Å². The maximum atomic E-state index is 13.3. The Bertz CT molecular complexity index is 1110. The van der Waals surface area contributed by atoms with E-state index in [1.165, 1.54) is 12.1 Å². The summed E-state index contributed by atoms with van der Waals surface area (Å²) in [5.41, 5.74) is 8.85. The van der Waals surface area contributed by atoms with Gasteiger partial charge >= 0.3 is 0 Å². The number of hydrogen-bond donors (Lipinski definition) is 3. The number of halogens is 2. The van der Waals surface area contributed by atoms with Crippen LogP contribution in [0, 0.1) is 11.6 Å². The predicted molar refractivity (Wildman–Crippen MR) is 122 cm³/mol. The first-order valence-corrected chi connectivity index (χ1v) is 10.8. The summed E-state index contributed by atoms with van der Waals surface area (Å²) in [5.74, 6) is -1.08. The summed E-state index contributed by atoms with van der Waals surface area (Å²) in [7, 11) is 0. The summed E-state index contributed by atoms with van der Waals surface area (Å²) >= 11 is 0. The molecule has 7 nitrogen and oxygen atoms in total. The van der Waals surface area contributed by atoms with Crippen LogP contribution < -0.4 is 16.4 Å². The minimum atomic E-state index is -0.592. The van der Waals surface area contributed by atoms with Gasteiger partial charge in [0.25, 0.3) is 0 Å². The zero-order valence-corrected chi connectivity index (χ0v) is 18.1. The molecule has 0 radical (unpaired) electrons. The fourth-order valence-corrected chi connectivity index (χ4v) is 3.96. The molecule has 1 aliphatic heterocycles. The van der Waals surface area contributed by atoms with E-state index < -0.39 is 11.6 Å². The molecule has 1 amide bonds. The van der Waals surface area contributed by atoms with E-state index in [9.17, 15) is 13.6 Å². The van der Waals surface area contributed by atoms with Gasteiger partial charge in [-0.3, -0.25) is 9.69 Å². The number of rotatable bonds is 8. The second-order valence-electron chi connectivity index (χ2n) is 8.01. The first kappa shape index (κ1) is 22.8. The molecule has 0 spiro atoms. The number of nitrogens with two attached hydrogens (primary N) is 1. The van der Waals surface area contributed by atoms with Crippen LogP contribution in [0.25, 0.3) is 11.3 Å². The number of carbonyl (C=O) groups excluding carboxylic acids is 1. The van der Waals surface area contributed by atoms with Gasteiger partial charge < -0.3 is 16.4 Å². The Morgan fingerprint density at radius 1 is 1.15 bits per heavy atom. The molecule has 4 rings (SSSR count). The number of primary amides is 1. The van der Waals surface area contributed by atoms with E-state index in [0.717, 1.165) is 36.0 Å². The number of aromatic nitrogens is 2. The fraction of sp³-hybridized carbons (Fsp3) is 0.292. The van der Waals surface area contributed by atoms with Crippen molar-refractivity contribution in [2.45, 2.75) is 19.0 Å². The Labute approximate surface area is 191 Å². The van der Waals surface area contributed by atoms with Crippen LogP contribution >= 0.6 is 0 Å². The zero-order chi connectivity index (χ0) is 23.2. The van der Waals surface area contributed by atoms with Crippen LogP contribution in [0.15, 0.2) is 54.7 Å². The standard InChI is InChI=1S/C24H26F2N6O/c25-19-11-16(12-20(26)13-19)4-6-29-24-30-7-5-21(31-24)18-3-1-2-17(10-18)15-32-9-8-28-14-22(32)23(27)33/h1-3,5,7,10-13,22,28H,4,6,8-9,14-15H2,(H2,27,33)(H,29,30,31). The Morgan fingerprint density at radius 3 is 2.76 bits per heavy atom. The summed E-state index contributed by atoms with van der Waals surface area (Å²) in [5, 5.41) is 6.31. The summed E-state index contributed by atoms with van der Waals surface area (Å²) in [6.07, 6.45) is 2.10. The molecule has 1 unspecified atom stereocenters. The van der Waals surface area contributed by atoms with Crippen LogP contribution in [0.5, 0.6) is 0 Å². The van der Waals surface area contributed by atoms with Crippen molar-refractivity contribution in [3.05, 3.63) is 77.5 Å². The molecule has 2 aromatic carbocycles. The second kappa shape index (κ2) is 10.5. The van der Waals surface area contributed by atoms with E-state index in [-0.39, 0.29) is 11.9 Å². The number of piperazine rings is 1. The normalized spacial score (nSPS) is 16.5. The van der Waals surface area contributed by atoms with Gasteiger partial charge in [-0.05, 0) is 41.8 Å². The van der Waals surface area contributed by atoms with Crippen molar-refractivity contribution in [1.82, 2.24) is 20.2 Å². The molecule has 172 valence electrons. The average Bonchev–Trinajstić information content (AvgIpc) is 2.79. The molecular formula is C24H26F2N6O. The molecular weight excluding hydrogens is 426 g/mol. The van der Waals surface area contributed by atoms with Gasteiger partial charge in [0.05, 0.1) is 5.69 Å². The topological polar surface area (TPSA) is 96.2 Å². The van der Waals surface area contributed by atoms with Crippen molar-refractivity contribution in [3.63, 3.8) is 0 Å². The lowest BCUT2D eigenvalue weighted by Crippen LogP contribution is -2.56. The molecule has 0 saturated carbocycles. The molecule has 0 bridgehead atoms. The molecule has 1 atom stereocenters. The van der Waals surface area contributed by atoms with E-state index in [1.807, 2.05) is 30.3 Å². The first-order chi connectivity index (χ1) is 16.0. The third-order valence-corrected chi connectivity index (χ3v) is 5.57. The predicted octanol–water partition coefficient (Wildman–Crippen LogP) is 2.34. The average molecular weight is 453 g/mol. The van der Waals surface area contributed by atoms with E-state index in [1.54, 1.807) is 6.20 Å². The van der Waals surface area contributed by atoms with E-state index in [2.05, 4.69) is 25.5 Å². The van der Waals surface area contributed by atoms with Crippen LogP contribution in [-0.4, -0.2) is 53.0 Å². The monoisotopic (exact) mass is 452 g/mol. The zero-order valence-electron chi connectivity index (χ0n) is 18.1. The van der Waals surface area contributed by atoms with Crippen molar-refractivity contribution in [2.75, 3.05) is 31.5 Å². The Balaban J connectivity index is 1.42. The molecule has 9 heteroatoms. The lowest BCUT2D eigenvalue weighted by atomic mass is 10.1. The number of benzene rings is 2. The quantitative estimate of drug-likeness (QED) is 0.486. The lowest BCUT2D eigenvalue weighted by molar-refractivity contribution is -0.124. The smallest absolute Gasteiger partial charge is 0.236 e. The minimum absolute atomic E-state index is 0.328. The number of nitrogens with zero attached hydrogens (tertiary/aromatic N) is 3. The molecule has 1 aliphatic rings. The molecule has 1 saturated heterocycles. The maximum Gasteiger partial charge on any atom is 0.236 e. The third-order valence-electron chi connectivity index (χ3n) is 5.57. The highest BCUT2D eigenvalue weighted by Crippen LogP contribution is 2.21. The van der Waals surface area contributed by atoms with Gasteiger partial charge in [0.15, 0.2) is 0 Å². The van der Waals surface area contributed by atoms with Crippen LogP contribution in [-0.2, 0) is 17.8 Å². The van der Waals surface area contributed by atoms with E-state index in [4.69, 9.17) is 5.73 Å². The number of nitrogens with one attached hydrogen (secondary N) is 2. The number of anilines is 1. The van der Waals surface area contributed by atoms with Gasteiger partial charge in [-0.1, -0.05) is 18.2 Å². The number of amides is 1. The number of carbonyl (C=O) groups is 1. The van der Waals surface area contributed by atoms with E-state index in [0.29, 0.717) is 37.6 Å². The highest BCUT2D eigenvalue weighted by atomic mass is 19.1. The molecule has 1 aromatic heterocycles. The molecule has 1 fully saturated rings. The summed E-state index contributed by atoms with van der Waals surface area (Å²) < 4.78 is 26.7. The highest BCUT2D eigenvalue weighted by Gasteiger charge is 2.26. The molecule has 0 aliphatic carbocycles.